The summed E-state index contributed by atoms with van der Waals surface area (Å²) in [5.41, 5.74) is 1.28. The molecule has 0 radical (unpaired) electrons. The Kier molecular flexibility index (Phi) is 10.3. The molecule has 3 aromatic rings. The molecule has 9 heteroatoms. The van der Waals surface area contributed by atoms with E-state index in [9.17, 15) is 17.8 Å². The van der Waals surface area contributed by atoms with Crippen molar-refractivity contribution in [1.82, 2.24) is 14.5 Å². The summed E-state index contributed by atoms with van der Waals surface area (Å²) in [4.78, 5) is 11.0. The van der Waals surface area contributed by atoms with Crippen molar-refractivity contribution in [2.75, 3.05) is 13.1 Å². The van der Waals surface area contributed by atoms with Crippen LogP contribution >= 0.6 is 0 Å². The van der Waals surface area contributed by atoms with Crippen LogP contribution in [-0.4, -0.2) is 50.4 Å². The van der Waals surface area contributed by atoms with E-state index in [2.05, 4.69) is 23.4 Å². The summed E-state index contributed by atoms with van der Waals surface area (Å²) in [6.45, 7) is 10.7. The summed E-state index contributed by atoms with van der Waals surface area (Å²) in [7, 11) is -1.26. The predicted molar refractivity (Wildman–Crippen MR) is 127 cm³/mol. The van der Waals surface area contributed by atoms with Crippen molar-refractivity contribution in [3.05, 3.63) is 67.1 Å². The van der Waals surface area contributed by atoms with E-state index in [1.807, 2.05) is 13.8 Å². The van der Waals surface area contributed by atoms with E-state index in [1.165, 1.54) is 12.1 Å². The molecule has 0 amide bonds. The first-order valence-corrected chi connectivity index (χ1v) is 11.6. The van der Waals surface area contributed by atoms with Gasteiger partial charge in [0.05, 0.1) is 22.2 Å². The predicted octanol–water partition coefficient (Wildman–Crippen LogP) is 4.79. The van der Waals surface area contributed by atoms with E-state index in [0.29, 0.717) is 23.4 Å². The van der Waals surface area contributed by atoms with Crippen LogP contribution in [0.1, 0.15) is 26.0 Å². The Morgan fingerprint density at radius 3 is 2.55 bits per heavy atom. The van der Waals surface area contributed by atoms with Gasteiger partial charge in [-0.2, -0.15) is 5.10 Å². The van der Waals surface area contributed by atoms with Gasteiger partial charge in [0.1, 0.15) is 35.0 Å². The molecule has 1 fully saturated rings. The number of benzene rings is 2. The molecule has 0 spiro atoms. The lowest BCUT2D eigenvalue weighted by Gasteiger charge is -2.14. The second kappa shape index (κ2) is 13.0. The van der Waals surface area contributed by atoms with Gasteiger partial charge in [0.2, 0.25) is 0 Å². The first-order chi connectivity index (χ1) is 15.9. The fourth-order valence-corrected chi connectivity index (χ4v) is 4.41. The smallest absolute Gasteiger partial charge is 0.127 e. The van der Waals surface area contributed by atoms with Crippen LogP contribution in [-0.2, 0) is 22.2 Å². The van der Waals surface area contributed by atoms with E-state index >= 15 is 0 Å². The van der Waals surface area contributed by atoms with Gasteiger partial charge in [-0.1, -0.05) is 0 Å². The van der Waals surface area contributed by atoms with E-state index < -0.39 is 17.2 Å². The minimum Gasteiger partial charge on any atom is -0.491 e. The highest BCUT2D eigenvalue weighted by atomic mass is 32.2. The van der Waals surface area contributed by atoms with Gasteiger partial charge in [-0.3, -0.25) is 5.10 Å². The number of H-pyrrole nitrogens is 1. The van der Waals surface area contributed by atoms with Gasteiger partial charge < -0.3 is 9.53 Å². The first kappa shape index (κ1) is 26.3. The van der Waals surface area contributed by atoms with Crippen molar-refractivity contribution >= 4 is 28.2 Å². The summed E-state index contributed by atoms with van der Waals surface area (Å²) in [6, 6.07) is 11.5. The first-order valence-electron chi connectivity index (χ1n) is 10.5. The molecule has 1 saturated heterocycles. The summed E-state index contributed by atoms with van der Waals surface area (Å²) >= 11 is 0. The number of alkyl halides is 1. The number of nitrogens with zero attached hydrogens (tertiary/aromatic N) is 2. The number of nitrogens with one attached hydrogen (secondary N) is 1. The van der Waals surface area contributed by atoms with Crippen LogP contribution in [0.3, 0.4) is 0 Å². The number of carbonyl (C=O) groups is 1. The Morgan fingerprint density at radius 2 is 1.97 bits per heavy atom. The van der Waals surface area contributed by atoms with Crippen LogP contribution < -0.4 is 4.74 Å². The zero-order chi connectivity index (χ0) is 24.4. The number of aldehydes is 1. The number of aromatic amines is 1. The Balaban J connectivity index is 0.000000227. The third kappa shape index (κ3) is 7.57. The highest BCUT2D eigenvalue weighted by Crippen LogP contribution is 2.22. The molecule has 1 aromatic heterocycles. The van der Waals surface area contributed by atoms with Gasteiger partial charge in [0, 0.05) is 31.0 Å². The van der Waals surface area contributed by atoms with Crippen LogP contribution in [0.15, 0.2) is 60.5 Å². The molecule has 1 N–H and O–H groups in total. The van der Waals surface area contributed by atoms with Crippen molar-refractivity contribution in [3.8, 4) is 5.75 Å². The quantitative estimate of drug-likeness (QED) is 0.409. The second-order valence-electron chi connectivity index (χ2n) is 7.40. The Labute approximate surface area is 195 Å². The van der Waals surface area contributed by atoms with E-state index in [1.54, 1.807) is 34.6 Å². The average Bonchev–Trinajstić information content (AvgIpc) is 3.41. The van der Waals surface area contributed by atoms with Crippen molar-refractivity contribution in [1.29, 1.82) is 0 Å². The third-order valence-electron chi connectivity index (χ3n) is 4.61. The van der Waals surface area contributed by atoms with Gasteiger partial charge in [0.25, 0.3) is 0 Å². The highest BCUT2D eigenvalue weighted by Gasteiger charge is 2.26. The van der Waals surface area contributed by atoms with Crippen LogP contribution in [0.4, 0.5) is 8.78 Å². The molecule has 4 rings (SSSR count). The molecule has 1 aliphatic heterocycles. The molecular weight excluding hydrogens is 448 g/mol. The minimum atomic E-state index is -1.26. The lowest BCUT2D eigenvalue weighted by molar-refractivity contribution is -0.107. The fourth-order valence-electron chi connectivity index (χ4n) is 3.17. The number of carbonyl (C=O) groups excluding carboxylic acids is 1. The number of fused-ring (bicyclic) bond motifs is 1. The Morgan fingerprint density at radius 1 is 1.27 bits per heavy atom. The SMILES string of the molecule is C=C.CC(C)Oc1ccc(S(=O)N2CCC(F)C2)cc1.O=CCc1[nH]nc2cc(F)ccc12. The van der Waals surface area contributed by atoms with Crippen molar-refractivity contribution < 1.29 is 22.5 Å². The minimum absolute atomic E-state index is 0.118. The summed E-state index contributed by atoms with van der Waals surface area (Å²) in [5, 5.41) is 7.37. The number of ether oxygens (including phenoxy) is 1. The normalized spacial score (nSPS) is 16.5. The summed E-state index contributed by atoms with van der Waals surface area (Å²) < 4.78 is 45.1. The molecule has 0 aliphatic carbocycles. The maximum atomic E-state index is 13.1. The number of rotatable bonds is 6. The monoisotopic (exact) mass is 477 g/mol. The molecule has 33 heavy (non-hydrogen) atoms. The topological polar surface area (TPSA) is 75.3 Å². The molecule has 6 nitrogen and oxygen atoms in total. The van der Waals surface area contributed by atoms with Crippen LogP contribution in [0, 0.1) is 5.82 Å². The lowest BCUT2D eigenvalue weighted by atomic mass is 10.2. The number of hydrogen-bond acceptors (Lipinski definition) is 4. The highest BCUT2D eigenvalue weighted by molar-refractivity contribution is 7.82. The average molecular weight is 478 g/mol. The van der Waals surface area contributed by atoms with Crippen molar-refractivity contribution in [3.63, 3.8) is 0 Å². The summed E-state index contributed by atoms with van der Waals surface area (Å²) in [5.74, 6) is 0.437. The van der Waals surface area contributed by atoms with Gasteiger partial charge in [0.15, 0.2) is 0 Å². The van der Waals surface area contributed by atoms with Gasteiger partial charge >= 0.3 is 0 Å². The molecular formula is C24H29F2N3O3S. The maximum Gasteiger partial charge on any atom is 0.127 e. The van der Waals surface area contributed by atoms with E-state index in [0.717, 1.165) is 23.1 Å². The number of hydrogen-bond donors (Lipinski definition) is 1. The molecule has 2 aromatic carbocycles. The number of aromatic nitrogens is 2. The van der Waals surface area contributed by atoms with Crippen LogP contribution in [0.5, 0.6) is 5.75 Å². The summed E-state index contributed by atoms with van der Waals surface area (Å²) in [6.07, 6.45) is 0.809. The largest absolute Gasteiger partial charge is 0.491 e. The third-order valence-corrected chi connectivity index (χ3v) is 6.08. The molecule has 1 aliphatic rings. The zero-order valence-electron chi connectivity index (χ0n) is 18.8. The molecule has 0 bridgehead atoms. The van der Waals surface area contributed by atoms with Crippen molar-refractivity contribution in [2.24, 2.45) is 0 Å². The molecule has 0 saturated carbocycles. The zero-order valence-corrected chi connectivity index (χ0v) is 19.6. The Bertz CT molecular complexity index is 1060. The fraction of sp³-hybridized carbons (Fsp3) is 0.333. The second-order valence-corrected chi connectivity index (χ2v) is 8.88. The van der Waals surface area contributed by atoms with Crippen LogP contribution in [0.2, 0.25) is 0 Å². The van der Waals surface area contributed by atoms with Crippen LogP contribution in [0.25, 0.3) is 10.9 Å². The maximum absolute atomic E-state index is 13.1. The van der Waals surface area contributed by atoms with Gasteiger partial charge in [-0.05, 0) is 56.7 Å². The van der Waals surface area contributed by atoms with Gasteiger partial charge in [-0.15, -0.1) is 13.2 Å². The molecule has 178 valence electrons. The lowest BCUT2D eigenvalue weighted by Crippen LogP contribution is -2.23. The van der Waals surface area contributed by atoms with E-state index in [4.69, 9.17) is 4.74 Å². The molecule has 2 unspecified atom stereocenters. The van der Waals surface area contributed by atoms with E-state index in [-0.39, 0.29) is 24.9 Å². The molecule has 2 heterocycles. The van der Waals surface area contributed by atoms with Gasteiger partial charge in [-0.25, -0.2) is 17.3 Å². The van der Waals surface area contributed by atoms with Crippen molar-refractivity contribution in [2.45, 2.75) is 43.9 Å². The standard InChI is InChI=1S/C13H18FNO2S.C9H7FN2O.C2H4/c1-10(2)17-12-3-5-13(6-4-12)18(16)15-8-7-11(14)9-15;10-6-1-2-7-8(3-4-13)11-12-9(7)5-6;1-2/h3-6,10-11H,7-9H2,1-2H3;1-2,4-5H,3H2,(H,11,12);1-2H2. The Hall–Kier alpha value is -2.91. The molecule has 2 atom stereocenters. The number of halogens is 2.